The van der Waals surface area contributed by atoms with Gasteiger partial charge in [-0.2, -0.15) is 0 Å². The number of carbonyl (C=O) groups excluding carboxylic acids is 2. The highest BCUT2D eigenvalue weighted by atomic mass is 32.2. The van der Waals surface area contributed by atoms with Gasteiger partial charge in [0.2, 0.25) is 21.8 Å². The van der Waals surface area contributed by atoms with Crippen LogP contribution in [0, 0.1) is 5.92 Å². The van der Waals surface area contributed by atoms with Crippen LogP contribution in [0.5, 0.6) is 0 Å². The van der Waals surface area contributed by atoms with Gasteiger partial charge in [0, 0.05) is 43.3 Å². The Morgan fingerprint density at radius 2 is 1.81 bits per heavy atom. The standard InChI is InChI=1S/C24H29N3O4S/c1-15(2)24(29)26-10-9-19-12-18(5-7-22(19)26)14-25-32(30,31)21-6-8-23-20(13-21)11-16(3)27(23)17(4)28/h5-8,12-13,15-16,25H,9-11,14H2,1-4H3/t16-/m1/s1. The molecule has 8 heteroatoms. The van der Waals surface area contributed by atoms with Gasteiger partial charge in [-0.05, 0) is 60.7 Å². The molecule has 4 rings (SSSR count). The third kappa shape index (κ3) is 4.04. The van der Waals surface area contributed by atoms with Crippen LogP contribution >= 0.6 is 0 Å². The average Bonchev–Trinajstić information content (AvgIpc) is 3.30. The predicted molar refractivity (Wildman–Crippen MR) is 124 cm³/mol. The molecule has 2 amide bonds. The molecule has 0 fully saturated rings. The molecule has 0 spiro atoms. The third-order valence-electron chi connectivity index (χ3n) is 6.18. The highest BCUT2D eigenvalue weighted by Crippen LogP contribution is 2.34. The van der Waals surface area contributed by atoms with Crippen LogP contribution in [0.4, 0.5) is 11.4 Å². The van der Waals surface area contributed by atoms with Crippen LogP contribution in [0.1, 0.15) is 44.4 Å². The Bertz CT molecular complexity index is 1190. The normalized spacial score (nSPS) is 17.6. The molecule has 2 aliphatic rings. The maximum absolute atomic E-state index is 12.9. The van der Waals surface area contributed by atoms with Gasteiger partial charge in [-0.25, -0.2) is 13.1 Å². The monoisotopic (exact) mass is 455 g/mol. The Morgan fingerprint density at radius 1 is 1.09 bits per heavy atom. The predicted octanol–water partition coefficient (Wildman–Crippen LogP) is 3.01. The molecule has 1 N–H and O–H groups in total. The molecule has 2 aromatic rings. The first-order valence-corrected chi connectivity index (χ1v) is 12.4. The molecule has 170 valence electrons. The van der Waals surface area contributed by atoms with E-state index >= 15 is 0 Å². The summed E-state index contributed by atoms with van der Waals surface area (Å²) in [5.74, 6) is -0.00742. The molecule has 0 saturated heterocycles. The van der Waals surface area contributed by atoms with Crippen molar-refractivity contribution in [1.82, 2.24) is 4.72 Å². The smallest absolute Gasteiger partial charge is 0.240 e. The first-order valence-electron chi connectivity index (χ1n) is 10.9. The summed E-state index contributed by atoms with van der Waals surface area (Å²) in [6.45, 7) is 8.08. The average molecular weight is 456 g/mol. The van der Waals surface area contributed by atoms with E-state index < -0.39 is 10.0 Å². The topological polar surface area (TPSA) is 86.8 Å². The van der Waals surface area contributed by atoms with Crippen molar-refractivity contribution in [2.75, 3.05) is 16.3 Å². The zero-order chi connectivity index (χ0) is 23.2. The number of nitrogens with zero attached hydrogens (tertiary/aromatic N) is 2. The minimum Gasteiger partial charge on any atom is -0.312 e. The lowest BCUT2D eigenvalue weighted by Gasteiger charge is -2.20. The number of benzene rings is 2. The lowest BCUT2D eigenvalue weighted by molar-refractivity contribution is -0.121. The molecule has 0 aromatic heterocycles. The van der Waals surface area contributed by atoms with E-state index in [2.05, 4.69) is 4.72 Å². The van der Waals surface area contributed by atoms with Crippen LogP contribution in [0.3, 0.4) is 0 Å². The molecular weight excluding hydrogens is 426 g/mol. The van der Waals surface area contributed by atoms with Crippen LogP contribution in [0.15, 0.2) is 41.3 Å². The minimum absolute atomic E-state index is 0.0157. The van der Waals surface area contributed by atoms with Crippen molar-refractivity contribution in [2.45, 2.75) is 58.0 Å². The van der Waals surface area contributed by atoms with E-state index in [-0.39, 0.29) is 35.2 Å². The SMILES string of the molecule is CC(=O)N1c2ccc(S(=O)(=O)NCc3ccc4c(c3)CCN4C(=O)C(C)C)cc2C[C@H]1C. The van der Waals surface area contributed by atoms with Gasteiger partial charge in [0.25, 0.3) is 0 Å². The Hall–Kier alpha value is -2.71. The van der Waals surface area contributed by atoms with Crippen LogP contribution in [-0.2, 0) is 39.0 Å². The third-order valence-corrected chi connectivity index (χ3v) is 7.58. The van der Waals surface area contributed by atoms with Crippen molar-refractivity contribution < 1.29 is 18.0 Å². The second kappa shape index (κ2) is 8.33. The molecule has 2 heterocycles. The summed E-state index contributed by atoms with van der Waals surface area (Å²) in [5, 5.41) is 0. The summed E-state index contributed by atoms with van der Waals surface area (Å²) in [7, 11) is -3.70. The molecular formula is C24H29N3O4S. The largest absolute Gasteiger partial charge is 0.312 e. The van der Waals surface area contributed by atoms with Crippen LogP contribution < -0.4 is 14.5 Å². The number of amides is 2. The molecule has 0 unspecified atom stereocenters. The second-order valence-corrected chi connectivity index (χ2v) is 10.7. The highest BCUT2D eigenvalue weighted by Gasteiger charge is 2.30. The lowest BCUT2D eigenvalue weighted by Crippen LogP contribution is -2.33. The van der Waals surface area contributed by atoms with Crippen LogP contribution in [0.2, 0.25) is 0 Å². The lowest BCUT2D eigenvalue weighted by atomic mass is 10.1. The maximum Gasteiger partial charge on any atom is 0.240 e. The number of hydrogen-bond acceptors (Lipinski definition) is 4. The zero-order valence-electron chi connectivity index (χ0n) is 18.9. The molecule has 1 atom stereocenters. The fraction of sp³-hybridized carbons (Fsp3) is 0.417. The molecule has 2 aliphatic heterocycles. The molecule has 32 heavy (non-hydrogen) atoms. The summed E-state index contributed by atoms with van der Waals surface area (Å²) in [6.07, 6.45) is 1.40. The molecule has 0 radical (unpaired) electrons. The van der Waals surface area contributed by atoms with Gasteiger partial charge >= 0.3 is 0 Å². The maximum atomic E-state index is 12.9. The van der Waals surface area contributed by atoms with Crippen molar-refractivity contribution >= 4 is 33.2 Å². The summed E-state index contributed by atoms with van der Waals surface area (Å²) >= 11 is 0. The summed E-state index contributed by atoms with van der Waals surface area (Å²) in [6, 6.07) is 10.7. The van der Waals surface area contributed by atoms with Gasteiger partial charge in [-0.15, -0.1) is 0 Å². The number of nitrogens with one attached hydrogen (secondary N) is 1. The van der Waals surface area contributed by atoms with Crippen molar-refractivity contribution in [1.29, 1.82) is 0 Å². The van der Waals surface area contributed by atoms with E-state index in [9.17, 15) is 18.0 Å². The van der Waals surface area contributed by atoms with Gasteiger partial charge in [0.1, 0.15) is 0 Å². The summed E-state index contributed by atoms with van der Waals surface area (Å²) in [4.78, 5) is 28.0. The van der Waals surface area contributed by atoms with E-state index in [1.165, 1.54) is 6.92 Å². The first kappa shape index (κ1) is 22.5. The molecule has 0 saturated carbocycles. The Balaban J connectivity index is 1.49. The van der Waals surface area contributed by atoms with Crippen LogP contribution in [0.25, 0.3) is 0 Å². The number of anilines is 2. The molecule has 7 nitrogen and oxygen atoms in total. The number of fused-ring (bicyclic) bond motifs is 2. The number of rotatable bonds is 5. The zero-order valence-corrected chi connectivity index (χ0v) is 19.7. The molecule has 0 bridgehead atoms. The van der Waals surface area contributed by atoms with Gasteiger partial charge in [0.05, 0.1) is 4.90 Å². The van der Waals surface area contributed by atoms with E-state index in [0.717, 1.165) is 34.5 Å². The van der Waals surface area contributed by atoms with Crippen molar-refractivity contribution in [3.8, 4) is 0 Å². The quantitative estimate of drug-likeness (QED) is 0.751. The number of sulfonamides is 1. The van der Waals surface area contributed by atoms with Crippen molar-refractivity contribution in [3.05, 3.63) is 53.1 Å². The molecule has 2 aromatic carbocycles. The molecule has 0 aliphatic carbocycles. The van der Waals surface area contributed by atoms with Gasteiger partial charge in [-0.3, -0.25) is 9.59 Å². The first-order chi connectivity index (χ1) is 15.1. The fourth-order valence-electron chi connectivity index (χ4n) is 4.62. The van der Waals surface area contributed by atoms with E-state index in [4.69, 9.17) is 0 Å². The van der Waals surface area contributed by atoms with Gasteiger partial charge < -0.3 is 9.80 Å². The fourth-order valence-corrected chi connectivity index (χ4v) is 5.69. The Morgan fingerprint density at radius 3 is 2.50 bits per heavy atom. The number of hydrogen-bond donors (Lipinski definition) is 1. The second-order valence-electron chi connectivity index (χ2n) is 8.91. The van der Waals surface area contributed by atoms with Crippen molar-refractivity contribution in [3.63, 3.8) is 0 Å². The minimum atomic E-state index is -3.70. The van der Waals surface area contributed by atoms with E-state index in [0.29, 0.717) is 13.0 Å². The van der Waals surface area contributed by atoms with Gasteiger partial charge in [-0.1, -0.05) is 26.0 Å². The highest BCUT2D eigenvalue weighted by molar-refractivity contribution is 7.89. The summed E-state index contributed by atoms with van der Waals surface area (Å²) < 4.78 is 28.5. The van der Waals surface area contributed by atoms with Crippen LogP contribution in [-0.4, -0.2) is 32.8 Å². The Kier molecular flexibility index (Phi) is 5.85. The number of carbonyl (C=O) groups is 2. The summed E-state index contributed by atoms with van der Waals surface area (Å²) in [5.41, 5.74) is 4.47. The van der Waals surface area contributed by atoms with E-state index in [1.54, 1.807) is 23.1 Å². The van der Waals surface area contributed by atoms with Gasteiger partial charge in [0.15, 0.2) is 0 Å². The van der Waals surface area contributed by atoms with E-state index in [1.807, 2.05) is 43.9 Å². The van der Waals surface area contributed by atoms with Crippen molar-refractivity contribution in [2.24, 2.45) is 5.92 Å². The Labute approximate surface area is 189 Å².